The third-order valence-corrected chi connectivity index (χ3v) is 9.56. The second-order valence-corrected chi connectivity index (χ2v) is 12.7. The van der Waals surface area contributed by atoms with Gasteiger partial charge in [0.15, 0.2) is 11.5 Å². The quantitative estimate of drug-likeness (QED) is 0.424. The van der Waals surface area contributed by atoms with Crippen LogP contribution < -0.4 is 19.1 Å². The van der Waals surface area contributed by atoms with Gasteiger partial charge in [-0.1, -0.05) is 48.5 Å². The van der Waals surface area contributed by atoms with E-state index in [1.54, 1.807) is 37.3 Å². The van der Waals surface area contributed by atoms with Crippen LogP contribution in [0.25, 0.3) is 0 Å². The van der Waals surface area contributed by atoms with Crippen LogP contribution in [0.4, 0.5) is 5.69 Å². The number of rotatable bonds is 10. The Kier molecular flexibility index (Phi) is 9.51. The Morgan fingerprint density at radius 1 is 1.03 bits per heavy atom. The van der Waals surface area contributed by atoms with E-state index < -0.39 is 28.5 Å². The number of nitrogens with one attached hydrogen (secondary N) is 1. The Balaban J connectivity index is 1.62. The van der Waals surface area contributed by atoms with Gasteiger partial charge in [0, 0.05) is 18.7 Å². The molecule has 0 radical (unpaired) electrons. The van der Waals surface area contributed by atoms with Crippen LogP contribution in [0.3, 0.4) is 0 Å². The van der Waals surface area contributed by atoms with Crippen molar-refractivity contribution in [3.05, 3.63) is 52.0 Å². The Hall–Kier alpha value is -2.69. The van der Waals surface area contributed by atoms with Crippen molar-refractivity contribution in [2.45, 2.75) is 64.6 Å². The monoisotopic (exact) mass is 597 g/mol. The average molecular weight is 599 g/mol. The van der Waals surface area contributed by atoms with Crippen LogP contribution in [0, 0.1) is 0 Å². The van der Waals surface area contributed by atoms with Crippen LogP contribution in [0.5, 0.6) is 11.5 Å². The van der Waals surface area contributed by atoms with Crippen molar-refractivity contribution in [1.29, 1.82) is 0 Å². The van der Waals surface area contributed by atoms with E-state index in [1.807, 2.05) is 0 Å². The minimum Gasteiger partial charge on any atom is -0.454 e. The molecule has 1 heterocycles. The van der Waals surface area contributed by atoms with E-state index in [0.29, 0.717) is 27.1 Å². The van der Waals surface area contributed by atoms with Gasteiger partial charge in [-0.05, 0) is 56.5 Å². The minimum absolute atomic E-state index is 0.0310. The predicted octanol–water partition coefficient (Wildman–Crippen LogP) is 4.74. The lowest BCUT2D eigenvalue weighted by atomic mass is 9.95. The van der Waals surface area contributed by atoms with Gasteiger partial charge in [-0.15, -0.1) is 0 Å². The third-order valence-electron chi connectivity index (χ3n) is 7.08. The summed E-state index contributed by atoms with van der Waals surface area (Å²) < 4.78 is 38.1. The van der Waals surface area contributed by atoms with E-state index in [2.05, 4.69) is 5.32 Å². The smallest absolute Gasteiger partial charge is 0.244 e. The van der Waals surface area contributed by atoms with Crippen LogP contribution in [0.2, 0.25) is 10.0 Å². The zero-order valence-electron chi connectivity index (χ0n) is 22.0. The molecule has 4 rings (SSSR count). The first-order valence-electron chi connectivity index (χ1n) is 13.0. The number of fused-ring (bicyclic) bond motifs is 1. The standard InChI is InChI=1S/C27H33Cl2N3O6S/c1-3-39(35,36)32(21-10-12-24-25(14-21)38-17-37-24)16-26(33)31(15-19-9-11-22(28)23(29)13-19)18(2)27(34)30-20-7-5-4-6-8-20/h9-14,18,20H,3-8,15-17H2,1-2H3,(H,30,34)/t18-/m1/s1. The zero-order chi connectivity index (χ0) is 28.2. The molecule has 9 nitrogen and oxygen atoms in total. The predicted molar refractivity (Wildman–Crippen MR) is 151 cm³/mol. The third kappa shape index (κ3) is 7.10. The second-order valence-electron chi connectivity index (χ2n) is 9.73. The SMILES string of the molecule is CCS(=O)(=O)N(CC(=O)N(Cc1ccc(Cl)c(Cl)c1)[C@H](C)C(=O)NC1CCCCC1)c1ccc2c(c1)OCO2. The summed E-state index contributed by atoms with van der Waals surface area (Å²) in [6.45, 7) is 2.72. The van der Waals surface area contributed by atoms with E-state index in [-0.39, 0.29) is 36.7 Å². The molecule has 2 aliphatic rings. The van der Waals surface area contributed by atoms with Crippen molar-refractivity contribution in [2.75, 3.05) is 23.4 Å². The largest absolute Gasteiger partial charge is 0.454 e. The molecule has 0 bridgehead atoms. The average Bonchev–Trinajstić information content (AvgIpc) is 3.40. The highest BCUT2D eigenvalue weighted by molar-refractivity contribution is 7.92. The highest BCUT2D eigenvalue weighted by atomic mass is 35.5. The molecule has 0 spiro atoms. The molecule has 0 unspecified atom stereocenters. The lowest BCUT2D eigenvalue weighted by Crippen LogP contribution is -2.53. The molecule has 2 aromatic rings. The lowest BCUT2D eigenvalue weighted by Gasteiger charge is -2.33. The maximum atomic E-state index is 13.8. The van der Waals surface area contributed by atoms with Gasteiger partial charge < -0.3 is 19.7 Å². The summed E-state index contributed by atoms with van der Waals surface area (Å²) in [5.41, 5.74) is 0.922. The molecule has 2 aromatic carbocycles. The van der Waals surface area contributed by atoms with Gasteiger partial charge >= 0.3 is 0 Å². The number of nitrogens with zero attached hydrogens (tertiary/aromatic N) is 2. The van der Waals surface area contributed by atoms with E-state index in [9.17, 15) is 18.0 Å². The van der Waals surface area contributed by atoms with Gasteiger partial charge in [0.2, 0.25) is 28.6 Å². The van der Waals surface area contributed by atoms with Crippen LogP contribution in [0.1, 0.15) is 51.5 Å². The summed E-state index contributed by atoms with van der Waals surface area (Å²) in [4.78, 5) is 28.5. The fourth-order valence-electron chi connectivity index (χ4n) is 4.75. The molecule has 0 aromatic heterocycles. The van der Waals surface area contributed by atoms with Gasteiger partial charge in [0.1, 0.15) is 12.6 Å². The number of ether oxygens (including phenoxy) is 2. The number of anilines is 1. The first kappa shape index (κ1) is 29.3. The number of carbonyl (C=O) groups is 2. The van der Waals surface area contributed by atoms with Crippen LogP contribution in [-0.2, 0) is 26.2 Å². The van der Waals surface area contributed by atoms with E-state index in [1.165, 1.54) is 17.9 Å². The van der Waals surface area contributed by atoms with E-state index >= 15 is 0 Å². The maximum Gasteiger partial charge on any atom is 0.244 e. The molecular formula is C27H33Cl2N3O6S. The second kappa shape index (κ2) is 12.7. The number of sulfonamides is 1. The highest BCUT2D eigenvalue weighted by Gasteiger charge is 2.32. The van der Waals surface area contributed by atoms with Gasteiger partial charge in [-0.2, -0.15) is 0 Å². The minimum atomic E-state index is -3.86. The first-order valence-corrected chi connectivity index (χ1v) is 15.4. The molecule has 1 fully saturated rings. The fraction of sp³-hybridized carbons (Fsp3) is 0.481. The molecule has 1 aliphatic carbocycles. The van der Waals surface area contributed by atoms with Crippen LogP contribution >= 0.6 is 23.2 Å². The molecule has 12 heteroatoms. The van der Waals surface area contributed by atoms with Gasteiger partial charge in [0.05, 0.1) is 21.5 Å². The van der Waals surface area contributed by atoms with Gasteiger partial charge in [-0.25, -0.2) is 8.42 Å². The van der Waals surface area contributed by atoms with Crippen molar-refractivity contribution in [2.24, 2.45) is 0 Å². The summed E-state index contributed by atoms with van der Waals surface area (Å²) in [5.74, 6) is -0.165. The lowest BCUT2D eigenvalue weighted by molar-refractivity contribution is -0.139. The maximum absolute atomic E-state index is 13.8. The zero-order valence-corrected chi connectivity index (χ0v) is 24.3. The number of halogens is 2. The topological polar surface area (TPSA) is 105 Å². The molecule has 1 atom stereocenters. The van der Waals surface area contributed by atoms with Gasteiger partial charge in [-0.3, -0.25) is 13.9 Å². The van der Waals surface area contributed by atoms with Crippen molar-refractivity contribution in [3.8, 4) is 11.5 Å². The molecule has 212 valence electrons. The van der Waals surface area contributed by atoms with Crippen LogP contribution in [0.15, 0.2) is 36.4 Å². The normalized spacial score (nSPS) is 16.0. The summed E-state index contributed by atoms with van der Waals surface area (Å²) in [5, 5.41) is 3.75. The molecule has 1 aliphatic heterocycles. The number of hydrogen-bond donors (Lipinski definition) is 1. The number of hydrogen-bond acceptors (Lipinski definition) is 6. The van der Waals surface area contributed by atoms with Crippen LogP contribution in [-0.4, -0.2) is 56.3 Å². The fourth-order valence-corrected chi connectivity index (χ4v) is 6.12. The summed E-state index contributed by atoms with van der Waals surface area (Å²) >= 11 is 12.3. The Labute approximate surface area is 239 Å². The van der Waals surface area contributed by atoms with Crippen molar-refractivity contribution in [3.63, 3.8) is 0 Å². The van der Waals surface area contributed by atoms with Crippen molar-refractivity contribution >= 4 is 50.7 Å². The Bertz CT molecular complexity index is 1320. The molecule has 1 N–H and O–H groups in total. The van der Waals surface area contributed by atoms with Gasteiger partial charge in [0.25, 0.3) is 0 Å². The summed E-state index contributed by atoms with van der Waals surface area (Å²) in [7, 11) is -3.86. The molecular weight excluding hydrogens is 565 g/mol. The molecule has 2 amide bonds. The van der Waals surface area contributed by atoms with Crippen molar-refractivity contribution < 1.29 is 27.5 Å². The Morgan fingerprint density at radius 2 is 1.74 bits per heavy atom. The van der Waals surface area contributed by atoms with E-state index in [0.717, 1.165) is 36.4 Å². The number of carbonyl (C=O) groups excluding carboxylic acids is 2. The molecule has 1 saturated carbocycles. The Morgan fingerprint density at radius 3 is 2.44 bits per heavy atom. The molecule has 0 saturated heterocycles. The summed E-state index contributed by atoms with van der Waals surface area (Å²) in [6, 6.07) is 8.87. The summed E-state index contributed by atoms with van der Waals surface area (Å²) in [6.07, 6.45) is 5.03. The van der Waals surface area contributed by atoms with Crippen molar-refractivity contribution in [1.82, 2.24) is 10.2 Å². The highest BCUT2D eigenvalue weighted by Crippen LogP contribution is 2.36. The molecule has 39 heavy (non-hydrogen) atoms. The number of benzene rings is 2. The van der Waals surface area contributed by atoms with E-state index in [4.69, 9.17) is 32.7 Å². The first-order chi connectivity index (χ1) is 18.6. The number of amides is 2.